The van der Waals surface area contributed by atoms with Gasteiger partial charge in [0.15, 0.2) is 5.17 Å². The van der Waals surface area contributed by atoms with Crippen molar-refractivity contribution in [2.45, 2.75) is 52.0 Å². The zero-order chi connectivity index (χ0) is 21.0. The first-order chi connectivity index (χ1) is 14.5. The van der Waals surface area contributed by atoms with Crippen molar-refractivity contribution >= 4 is 16.9 Å². The van der Waals surface area contributed by atoms with E-state index in [1.165, 1.54) is 38.9 Å². The van der Waals surface area contributed by atoms with E-state index in [0.717, 1.165) is 12.2 Å². The van der Waals surface area contributed by atoms with Crippen molar-refractivity contribution in [3.8, 4) is 5.69 Å². The van der Waals surface area contributed by atoms with Gasteiger partial charge in [-0.3, -0.25) is 9.98 Å². The van der Waals surface area contributed by atoms with E-state index in [9.17, 15) is 0 Å². The quantitative estimate of drug-likeness (QED) is 0.549. The van der Waals surface area contributed by atoms with Crippen molar-refractivity contribution in [1.29, 1.82) is 0 Å². The molecule has 0 radical (unpaired) electrons. The minimum atomic E-state index is 0.0353. The topological polar surface area (TPSA) is 33.4 Å². The van der Waals surface area contributed by atoms with E-state index >= 15 is 0 Å². The third-order valence-corrected chi connectivity index (χ3v) is 7.44. The van der Waals surface area contributed by atoms with Crippen LogP contribution in [0.2, 0.25) is 0 Å². The van der Waals surface area contributed by atoms with Crippen molar-refractivity contribution < 1.29 is 0 Å². The van der Waals surface area contributed by atoms with Crippen molar-refractivity contribution in [3.05, 3.63) is 82.4 Å². The number of benzene rings is 1. The summed E-state index contributed by atoms with van der Waals surface area (Å²) in [6.07, 6.45) is 1.88. The number of nitrogens with zero attached hydrogens (tertiary/aromatic N) is 4. The molecule has 5 heteroatoms. The van der Waals surface area contributed by atoms with Gasteiger partial charge in [-0.05, 0) is 62.6 Å². The highest BCUT2D eigenvalue weighted by Crippen LogP contribution is 2.49. The fourth-order valence-electron chi connectivity index (χ4n) is 5.04. The van der Waals surface area contributed by atoms with E-state index in [0.29, 0.717) is 5.25 Å². The first kappa shape index (κ1) is 19.4. The van der Waals surface area contributed by atoms with Gasteiger partial charge in [0.05, 0.1) is 17.4 Å². The second-order valence-electron chi connectivity index (χ2n) is 8.54. The Kier molecular flexibility index (Phi) is 4.73. The second-order valence-corrected chi connectivity index (χ2v) is 9.94. The molecule has 2 aliphatic rings. The van der Waals surface area contributed by atoms with E-state index in [1.54, 1.807) is 0 Å². The minimum Gasteiger partial charge on any atom is -0.341 e. The summed E-state index contributed by atoms with van der Waals surface area (Å²) >= 11 is 1.89. The van der Waals surface area contributed by atoms with Crippen LogP contribution < -0.4 is 0 Å². The first-order valence-corrected chi connectivity index (χ1v) is 11.5. The van der Waals surface area contributed by atoms with Gasteiger partial charge in [0, 0.05) is 29.4 Å². The van der Waals surface area contributed by atoms with Crippen LogP contribution in [0.5, 0.6) is 0 Å². The number of fused-ring (bicyclic) bond motifs is 1. The molecule has 0 N–H and O–H groups in total. The third-order valence-electron chi connectivity index (χ3n) is 6.33. The first-order valence-electron chi connectivity index (χ1n) is 10.6. The molecule has 0 saturated carbocycles. The predicted octanol–water partition coefficient (Wildman–Crippen LogP) is 5.70. The summed E-state index contributed by atoms with van der Waals surface area (Å²) in [6, 6.07) is 15.3. The molecule has 0 bridgehead atoms. The number of pyridine rings is 1. The normalized spacial score (nSPS) is 23.0. The Morgan fingerprint density at radius 1 is 1.00 bits per heavy atom. The predicted molar refractivity (Wildman–Crippen MR) is 126 cm³/mol. The smallest absolute Gasteiger partial charge is 0.160 e. The average molecular weight is 417 g/mol. The number of para-hydroxylation sites is 1. The van der Waals surface area contributed by atoms with Gasteiger partial charge in [-0.25, -0.2) is 0 Å². The van der Waals surface area contributed by atoms with Gasteiger partial charge in [0.25, 0.3) is 0 Å². The van der Waals surface area contributed by atoms with Gasteiger partial charge in [0.1, 0.15) is 6.04 Å². The Bertz CT molecular complexity index is 1110. The van der Waals surface area contributed by atoms with E-state index in [-0.39, 0.29) is 12.1 Å². The number of thioether (sulfide) groups is 1. The van der Waals surface area contributed by atoms with Crippen LogP contribution in [0.15, 0.2) is 53.7 Å². The molecule has 4 nitrogen and oxygen atoms in total. The summed E-state index contributed by atoms with van der Waals surface area (Å²) in [5, 5.41) is 1.73. The lowest BCUT2D eigenvalue weighted by molar-refractivity contribution is 0.320. The van der Waals surface area contributed by atoms with Crippen molar-refractivity contribution in [1.82, 2.24) is 14.5 Å². The number of hydrogen-bond donors (Lipinski definition) is 0. The summed E-state index contributed by atoms with van der Waals surface area (Å²) < 4.78 is 2.43. The van der Waals surface area contributed by atoms with Crippen LogP contribution in [0.25, 0.3) is 5.69 Å². The van der Waals surface area contributed by atoms with Gasteiger partial charge in [-0.15, -0.1) is 0 Å². The Hall–Kier alpha value is -2.53. The molecule has 154 valence electrons. The number of aliphatic imine (C=N–C) groups is 1. The lowest BCUT2D eigenvalue weighted by atomic mass is 9.96. The van der Waals surface area contributed by atoms with Crippen LogP contribution in [0.3, 0.4) is 0 Å². The van der Waals surface area contributed by atoms with Gasteiger partial charge < -0.3 is 9.47 Å². The average Bonchev–Trinajstić information content (AvgIpc) is 3.33. The third kappa shape index (κ3) is 2.99. The maximum absolute atomic E-state index is 5.15. The van der Waals surface area contributed by atoms with Crippen molar-refractivity contribution in [2.24, 2.45) is 4.99 Å². The molecule has 3 aromatic rings. The van der Waals surface area contributed by atoms with Crippen LogP contribution in [0.1, 0.15) is 52.8 Å². The van der Waals surface area contributed by atoms with E-state index in [1.807, 2.05) is 24.0 Å². The molecule has 0 aliphatic carbocycles. The van der Waals surface area contributed by atoms with E-state index in [4.69, 9.17) is 4.99 Å². The van der Waals surface area contributed by atoms with Crippen molar-refractivity contribution in [3.63, 3.8) is 0 Å². The molecular weight excluding hydrogens is 388 g/mol. The number of aryl methyl sites for hydroxylation is 3. The molecular formula is C25H28N4S. The van der Waals surface area contributed by atoms with Gasteiger partial charge >= 0.3 is 0 Å². The summed E-state index contributed by atoms with van der Waals surface area (Å²) in [7, 11) is 0. The number of rotatable bonds is 3. The number of amidine groups is 1. The second kappa shape index (κ2) is 7.31. The molecule has 1 aromatic carbocycles. The monoisotopic (exact) mass is 416 g/mol. The molecule has 2 aliphatic heterocycles. The van der Waals surface area contributed by atoms with Crippen LogP contribution in [-0.4, -0.2) is 31.4 Å². The summed E-state index contributed by atoms with van der Waals surface area (Å²) in [5.74, 6) is 0. The Morgan fingerprint density at radius 3 is 2.47 bits per heavy atom. The van der Waals surface area contributed by atoms with Crippen LogP contribution in [0.4, 0.5) is 0 Å². The van der Waals surface area contributed by atoms with E-state index in [2.05, 4.69) is 85.5 Å². The summed E-state index contributed by atoms with van der Waals surface area (Å²) in [5.41, 5.74) is 8.90. The highest BCUT2D eigenvalue weighted by atomic mass is 32.2. The zero-order valence-corrected chi connectivity index (χ0v) is 19.1. The zero-order valence-electron chi connectivity index (χ0n) is 18.3. The maximum Gasteiger partial charge on any atom is 0.160 e. The largest absolute Gasteiger partial charge is 0.341 e. The molecule has 3 atom stereocenters. The van der Waals surface area contributed by atoms with Crippen LogP contribution in [0, 0.1) is 27.7 Å². The Morgan fingerprint density at radius 2 is 1.77 bits per heavy atom. The lowest BCUT2D eigenvalue weighted by Crippen LogP contribution is -2.29. The summed E-state index contributed by atoms with van der Waals surface area (Å²) in [6.45, 7) is 12.2. The maximum atomic E-state index is 5.15. The van der Waals surface area contributed by atoms with Crippen LogP contribution in [-0.2, 0) is 0 Å². The minimum absolute atomic E-state index is 0.0353. The lowest BCUT2D eigenvalue weighted by Gasteiger charge is -2.27. The van der Waals surface area contributed by atoms with E-state index < -0.39 is 0 Å². The Labute approximate surface area is 183 Å². The summed E-state index contributed by atoms with van der Waals surface area (Å²) in [4.78, 5) is 12.3. The van der Waals surface area contributed by atoms with Gasteiger partial charge in [0.2, 0.25) is 0 Å². The number of hydrogen-bond acceptors (Lipinski definition) is 4. The molecule has 0 unspecified atom stereocenters. The van der Waals surface area contributed by atoms with Gasteiger partial charge in [-0.1, -0.05) is 43.0 Å². The molecule has 0 amide bonds. The van der Waals surface area contributed by atoms with Crippen LogP contribution >= 0.6 is 11.8 Å². The standard InChI is InChI=1S/C25H28N4S/c1-15-9-8-10-16(2)23(15)29-17(3)13-20(19(29)5)24-22(21-11-6-7-12-26-21)27-25-28(24)14-18(4)30-25/h6-13,18,22,24H,14H2,1-5H3/t18-,22-,24+/m0/s1. The fraction of sp³-hybridized carbons (Fsp3) is 0.360. The number of aromatic nitrogens is 2. The highest BCUT2D eigenvalue weighted by Gasteiger charge is 2.44. The molecule has 4 heterocycles. The fourth-order valence-corrected chi connectivity index (χ4v) is 6.14. The molecule has 1 fully saturated rings. The molecule has 5 rings (SSSR count). The Balaban J connectivity index is 1.66. The van der Waals surface area contributed by atoms with Gasteiger partial charge in [-0.2, -0.15) is 0 Å². The molecule has 0 spiro atoms. The highest BCUT2D eigenvalue weighted by molar-refractivity contribution is 8.14. The van der Waals surface area contributed by atoms with Crippen molar-refractivity contribution in [2.75, 3.05) is 6.54 Å². The SMILES string of the molecule is Cc1cccc(C)c1-n1c(C)cc([C@@H]2[C@H](c3ccccn3)N=C3S[C@@H](C)CN32)c1C. The molecule has 2 aromatic heterocycles. The molecule has 1 saturated heterocycles. The molecule has 30 heavy (non-hydrogen) atoms.